The lowest BCUT2D eigenvalue weighted by Crippen LogP contribution is -2.46. The SMILES string of the molecule is O=[N+]([O-])c1ccc2c(C(O)(Cn3cccn3)C(F)(F)F)cn(Cc3ccccc3)c2c1. The average molecular weight is 430 g/mol. The van der Waals surface area contributed by atoms with E-state index in [0.717, 1.165) is 16.3 Å². The second-order valence-electron chi connectivity index (χ2n) is 7.18. The van der Waals surface area contributed by atoms with Crippen LogP contribution in [0.25, 0.3) is 10.9 Å². The Kier molecular flexibility index (Phi) is 5.02. The zero-order valence-corrected chi connectivity index (χ0v) is 16.0. The van der Waals surface area contributed by atoms with Crippen molar-refractivity contribution in [2.75, 3.05) is 0 Å². The third-order valence-electron chi connectivity index (χ3n) is 5.14. The van der Waals surface area contributed by atoms with Crippen LogP contribution in [0, 0.1) is 10.1 Å². The van der Waals surface area contributed by atoms with Gasteiger partial charge in [0, 0.05) is 48.2 Å². The molecule has 0 aliphatic heterocycles. The Balaban J connectivity index is 1.92. The van der Waals surface area contributed by atoms with Crippen LogP contribution in [0.5, 0.6) is 0 Å². The summed E-state index contributed by atoms with van der Waals surface area (Å²) in [6, 6.07) is 14.0. The molecule has 1 unspecified atom stereocenters. The lowest BCUT2D eigenvalue weighted by atomic mass is 9.92. The molecule has 0 fully saturated rings. The highest BCUT2D eigenvalue weighted by molar-refractivity contribution is 5.87. The summed E-state index contributed by atoms with van der Waals surface area (Å²) in [4.78, 5) is 10.6. The van der Waals surface area contributed by atoms with Crippen LogP contribution in [0.3, 0.4) is 0 Å². The largest absolute Gasteiger partial charge is 0.423 e. The summed E-state index contributed by atoms with van der Waals surface area (Å²) in [5, 5.41) is 26.0. The molecule has 0 bridgehead atoms. The Labute approximate surface area is 174 Å². The number of non-ortho nitro benzene ring substituents is 1. The molecular weight excluding hydrogens is 413 g/mol. The molecule has 4 aromatic rings. The minimum atomic E-state index is -5.02. The number of fused-ring (bicyclic) bond motifs is 1. The molecular formula is C21H17F3N4O3. The standard InChI is InChI=1S/C21H17F3N4O3/c22-21(23,24)20(29,14-27-10-4-9-25-27)18-13-26(12-15-5-2-1-3-6-15)19-11-16(28(30)31)7-8-17(18)19/h1-11,13,29H,12,14H2. The van der Waals surface area contributed by atoms with Crippen molar-refractivity contribution in [3.8, 4) is 0 Å². The highest BCUT2D eigenvalue weighted by atomic mass is 19.4. The summed E-state index contributed by atoms with van der Waals surface area (Å²) in [6.45, 7) is -0.681. The Morgan fingerprint density at radius 1 is 1.10 bits per heavy atom. The lowest BCUT2D eigenvalue weighted by Gasteiger charge is -2.30. The molecule has 0 radical (unpaired) electrons. The van der Waals surface area contributed by atoms with Gasteiger partial charge in [0.25, 0.3) is 5.69 Å². The topological polar surface area (TPSA) is 86.1 Å². The molecule has 0 aliphatic rings. The van der Waals surface area contributed by atoms with Crippen molar-refractivity contribution in [1.82, 2.24) is 14.3 Å². The molecule has 0 aliphatic carbocycles. The van der Waals surface area contributed by atoms with E-state index in [0.29, 0.717) is 0 Å². The zero-order chi connectivity index (χ0) is 22.2. The first-order valence-corrected chi connectivity index (χ1v) is 9.27. The van der Waals surface area contributed by atoms with E-state index < -0.39 is 28.8 Å². The summed E-state index contributed by atoms with van der Waals surface area (Å²) >= 11 is 0. The molecule has 1 N–H and O–H groups in total. The second kappa shape index (κ2) is 7.55. The van der Waals surface area contributed by atoms with E-state index in [1.807, 2.05) is 0 Å². The van der Waals surface area contributed by atoms with Crippen molar-refractivity contribution < 1.29 is 23.2 Å². The third-order valence-corrected chi connectivity index (χ3v) is 5.14. The summed E-state index contributed by atoms with van der Waals surface area (Å²) in [5.41, 5.74) is -2.89. The maximum Gasteiger partial charge on any atom is 0.423 e. The molecule has 0 amide bonds. The van der Waals surface area contributed by atoms with Gasteiger partial charge < -0.3 is 9.67 Å². The van der Waals surface area contributed by atoms with Crippen molar-refractivity contribution in [3.05, 3.63) is 94.4 Å². The number of aromatic nitrogens is 3. The summed E-state index contributed by atoms with van der Waals surface area (Å²) in [5.74, 6) is 0. The molecule has 4 rings (SSSR count). The van der Waals surface area contributed by atoms with Gasteiger partial charge in [-0.3, -0.25) is 14.8 Å². The summed E-state index contributed by atoms with van der Waals surface area (Å²) in [6.07, 6.45) is -1.17. The van der Waals surface area contributed by atoms with Gasteiger partial charge in [-0.05, 0) is 17.7 Å². The number of hydrogen-bond acceptors (Lipinski definition) is 4. The fourth-order valence-electron chi connectivity index (χ4n) is 3.59. The van der Waals surface area contributed by atoms with E-state index in [4.69, 9.17) is 0 Å². The number of nitro groups is 1. The zero-order valence-electron chi connectivity index (χ0n) is 16.0. The van der Waals surface area contributed by atoms with E-state index in [1.165, 1.54) is 41.4 Å². The minimum absolute atomic E-state index is 0.0773. The quantitative estimate of drug-likeness (QED) is 0.366. The van der Waals surface area contributed by atoms with Crippen LogP contribution >= 0.6 is 0 Å². The fourth-order valence-corrected chi connectivity index (χ4v) is 3.59. The van der Waals surface area contributed by atoms with Gasteiger partial charge in [0.1, 0.15) is 0 Å². The molecule has 2 aromatic carbocycles. The first-order chi connectivity index (χ1) is 14.7. The Morgan fingerprint density at radius 3 is 2.45 bits per heavy atom. The fraction of sp³-hybridized carbons (Fsp3) is 0.190. The smallest absolute Gasteiger partial charge is 0.375 e. The van der Waals surface area contributed by atoms with Crippen molar-refractivity contribution in [3.63, 3.8) is 0 Å². The highest BCUT2D eigenvalue weighted by Crippen LogP contribution is 2.44. The summed E-state index contributed by atoms with van der Waals surface area (Å²) in [7, 11) is 0. The molecule has 0 spiro atoms. The maximum absolute atomic E-state index is 14.1. The molecule has 1 atom stereocenters. The lowest BCUT2D eigenvalue weighted by molar-refractivity contribution is -0.384. The molecule has 10 heteroatoms. The van der Waals surface area contributed by atoms with Gasteiger partial charge in [-0.15, -0.1) is 0 Å². The normalized spacial score (nSPS) is 13.9. The molecule has 0 saturated carbocycles. The predicted octanol–water partition coefficient (Wildman–Crippen LogP) is 4.24. The van der Waals surface area contributed by atoms with Crippen molar-refractivity contribution in [2.45, 2.75) is 24.9 Å². The van der Waals surface area contributed by atoms with Crippen molar-refractivity contribution >= 4 is 16.6 Å². The molecule has 0 saturated heterocycles. The van der Waals surface area contributed by atoms with Gasteiger partial charge in [-0.1, -0.05) is 30.3 Å². The highest BCUT2D eigenvalue weighted by Gasteiger charge is 2.56. The van der Waals surface area contributed by atoms with Crippen LogP contribution in [-0.2, 0) is 18.7 Å². The van der Waals surface area contributed by atoms with E-state index >= 15 is 0 Å². The number of rotatable bonds is 6. The Bertz CT molecular complexity index is 1220. The average Bonchev–Trinajstić information content (AvgIpc) is 3.35. The van der Waals surface area contributed by atoms with Gasteiger partial charge in [0.05, 0.1) is 17.0 Å². The number of alkyl halides is 3. The van der Waals surface area contributed by atoms with Crippen molar-refractivity contribution in [2.24, 2.45) is 0 Å². The molecule has 31 heavy (non-hydrogen) atoms. The summed E-state index contributed by atoms with van der Waals surface area (Å²) < 4.78 is 44.9. The molecule has 160 valence electrons. The van der Waals surface area contributed by atoms with Crippen LogP contribution in [0.1, 0.15) is 11.1 Å². The predicted molar refractivity (Wildman–Crippen MR) is 106 cm³/mol. The van der Waals surface area contributed by atoms with E-state index in [9.17, 15) is 28.4 Å². The molecule has 2 aromatic heterocycles. The number of halogens is 3. The number of aliphatic hydroxyl groups is 1. The van der Waals surface area contributed by atoms with E-state index in [-0.39, 0.29) is 23.1 Å². The molecule has 7 nitrogen and oxygen atoms in total. The van der Waals surface area contributed by atoms with Gasteiger partial charge in [-0.2, -0.15) is 18.3 Å². The first kappa shape index (κ1) is 20.6. The Morgan fingerprint density at radius 2 is 1.84 bits per heavy atom. The van der Waals surface area contributed by atoms with Crippen LogP contribution in [0.15, 0.2) is 73.2 Å². The maximum atomic E-state index is 14.1. The van der Waals surface area contributed by atoms with Crippen molar-refractivity contribution in [1.29, 1.82) is 0 Å². The van der Waals surface area contributed by atoms with E-state index in [2.05, 4.69) is 5.10 Å². The minimum Gasteiger partial charge on any atom is -0.375 e. The van der Waals surface area contributed by atoms with Crippen LogP contribution in [0.2, 0.25) is 0 Å². The molecule has 2 heterocycles. The number of nitrogens with zero attached hydrogens (tertiary/aromatic N) is 4. The van der Waals surface area contributed by atoms with Gasteiger partial charge in [0.2, 0.25) is 5.60 Å². The first-order valence-electron chi connectivity index (χ1n) is 9.27. The van der Waals surface area contributed by atoms with Gasteiger partial charge in [0.15, 0.2) is 0 Å². The number of hydrogen-bond donors (Lipinski definition) is 1. The van der Waals surface area contributed by atoms with Crippen LogP contribution in [-0.4, -0.2) is 30.6 Å². The van der Waals surface area contributed by atoms with E-state index in [1.54, 1.807) is 30.3 Å². The number of nitro benzene ring substituents is 1. The van der Waals surface area contributed by atoms with Gasteiger partial charge in [-0.25, -0.2) is 0 Å². The monoisotopic (exact) mass is 430 g/mol. The van der Waals surface area contributed by atoms with Crippen LogP contribution < -0.4 is 0 Å². The second-order valence-corrected chi connectivity index (χ2v) is 7.18. The van der Waals surface area contributed by atoms with Crippen LogP contribution in [0.4, 0.5) is 18.9 Å². The van der Waals surface area contributed by atoms with Gasteiger partial charge >= 0.3 is 6.18 Å². The third kappa shape index (κ3) is 3.77. The Hall–Kier alpha value is -3.66. The number of benzene rings is 2.